The van der Waals surface area contributed by atoms with Gasteiger partial charge in [-0.3, -0.25) is 15.8 Å². The lowest BCUT2D eigenvalue weighted by Gasteiger charge is -2.04. The number of anilines is 1. The van der Waals surface area contributed by atoms with E-state index in [2.05, 4.69) is 15.5 Å². The first kappa shape index (κ1) is 11.5. The number of benzene rings is 1. The molecule has 0 radical (unpaired) electrons. The molecule has 0 amide bonds. The molecule has 0 aliphatic carbocycles. The van der Waals surface area contributed by atoms with Crippen molar-refractivity contribution in [2.45, 2.75) is 0 Å². The maximum absolute atomic E-state index is 8.73. The SMILES string of the molecule is N#C/C(=N\Nc1cccc2ncccc12)C(=N)N. The lowest BCUT2D eigenvalue weighted by Crippen LogP contribution is -2.21. The number of nitrogens with zero attached hydrogens (tertiary/aromatic N) is 3. The zero-order chi connectivity index (χ0) is 13.0. The third kappa shape index (κ3) is 2.25. The molecule has 1 aromatic carbocycles. The van der Waals surface area contributed by atoms with Gasteiger partial charge in [0.1, 0.15) is 6.07 Å². The Bertz CT molecular complexity index is 662. The topological polar surface area (TPSA) is 111 Å². The molecule has 0 unspecified atom stereocenters. The van der Waals surface area contributed by atoms with Crippen LogP contribution in [0.3, 0.4) is 0 Å². The van der Waals surface area contributed by atoms with Crippen molar-refractivity contribution in [2.24, 2.45) is 10.8 Å². The van der Waals surface area contributed by atoms with Crippen LogP contribution in [-0.4, -0.2) is 16.5 Å². The minimum absolute atomic E-state index is 0.157. The predicted molar refractivity (Wildman–Crippen MR) is 70.3 cm³/mol. The Balaban J connectivity index is 2.39. The van der Waals surface area contributed by atoms with Crippen LogP contribution >= 0.6 is 0 Å². The second-order valence-electron chi connectivity index (χ2n) is 3.47. The van der Waals surface area contributed by atoms with Gasteiger partial charge < -0.3 is 5.73 Å². The summed E-state index contributed by atoms with van der Waals surface area (Å²) in [6.07, 6.45) is 1.70. The molecule has 6 nitrogen and oxygen atoms in total. The van der Waals surface area contributed by atoms with Crippen molar-refractivity contribution in [1.82, 2.24) is 4.98 Å². The van der Waals surface area contributed by atoms with Gasteiger partial charge in [0.05, 0.1) is 11.2 Å². The van der Waals surface area contributed by atoms with E-state index in [1.54, 1.807) is 12.3 Å². The fraction of sp³-hybridized carbons (Fsp3) is 0. The minimum Gasteiger partial charge on any atom is -0.382 e. The average Bonchev–Trinajstić information content (AvgIpc) is 2.39. The Hall–Kier alpha value is -2.94. The van der Waals surface area contributed by atoms with Crippen LogP contribution < -0.4 is 11.2 Å². The van der Waals surface area contributed by atoms with Crippen LogP contribution in [0.2, 0.25) is 0 Å². The molecule has 0 fully saturated rings. The molecule has 0 aliphatic rings. The van der Waals surface area contributed by atoms with E-state index in [0.29, 0.717) is 5.69 Å². The van der Waals surface area contributed by atoms with E-state index >= 15 is 0 Å². The second-order valence-corrected chi connectivity index (χ2v) is 3.47. The van der Waals surface area contributed by atoms with E-state index in [0.717, 1.165) is 10.9 Å². The number of rotatable bonds is 3. The monoisotopic (exact) mass is 238 g/mol. The van der Waals surface area contributed by atoms with Crippen LogP contribution in [0.15, 0.2) is 41.6 Å². The van der Waals surface area contributed by atoms with E-state index < -0.39 is 0 Å². The summed E-state index contributed by atoms with van der Waals surface area (Å²) < 4.78 is 0. The average molecular weight is 238 g/mol. The summed E-state index contributed by atoms with van der Waals surface area (Å²) in [5, 5.41) is 20.6. The first-order valence-corrected chi connectivity index (χ1v) is 5.14. The third-order valence-corrected chi connectivity index (χ3v) is 2.29. The second kappa shape index (κ2) is 4.93. The van der Waals surface area contributed by atoms with E-state index in [4.69, 9.17) is 16.4 Å². The standard InChI is InChI=1S/C12H10N6/c13-7-11(12(14)15)18-17-10-5-1-4-9-8(10)3-2-6-16-9/h1-6,17H,(H3,14,15)/b18-11+. The number of pyridine rings is 1. The largest absolute Gasteiger partial charge is 0.382 e. The molecule has 88 valence electrons. The van der Waals surface area contributed by atoms with E-state index in [9.17, 15) is 0 Å². The zero-order valence-corrected chi connectivity index (χ0v) is 9.38. The van der Waals surface area contributed by atoms with Crippen LogP contribution in [0.25, 0.3) is 10.9 Å². The Kier molecular flexibility index (Phi) is 3.16. The quantitative estimate of drug-likeness (QED) is 0.427. The molecule has 0 spiro atoms. The highest BCUT2D eigenvalue weighted by Crippen LogP contribution is 2.20. The van der Waals surface area contributed by atoms with E-state index in [1.165, 1.54) is 0 Å². The number of hydrogen-bond acceptors (Lipinski definition) is 5. The maximum Gasteiger partial charge on any atom is 0.201 e. The van der Waals surface area contributed by atoms with Crippen LogP contribution in [0, 0.1) is 16.7 Å². The van der Waals surface area contributed by atoms with Crippen molar-refractivity contribution in [1.29, 1.82) is 10.7 Å². The van der Waals surface area contributed by atoms with E-state index in [1.807, 2.05) is 30.3 Å². The van der Waals surface area contributed by atoms with Crippen LogP contribution in [-0.2, 0) is 0 Å². The number of nitriles is 1. The highest BCUT2D eigenvalue weighted by molar-refractivity contribution is 6.45. The van der Waals surface area contributed by atoms with Crippen molar-refractivity contribution in [3.63, 3.8) is 0 Å². The summed E-state index contributed by atoms with van der Waals surface area (Å²) in [6.45, 7) is 0. The Morgan fingerprint density at radius 2 is 2.22 bits per heavy atom. The Morgan fingerprint density at radius 1 is 1.39 bits per heavy atom. The molecule has 6 heteroatoms. The van der Waals surface area contributed by atoms with Gasteiger partial charge in [0, 0.05) is 11.6 Å². The highest BCUT2D eigenvalue weighted by atomic mass is 15.3. The summed E-state index contributed by atoms with van der Waals surface area (Å²) in [6, 6.07) is 11.0. The predicted octanol–water partition coefficient (Wildman–Crippen LogP) is 1.46. The normalized spacial score (nSPS) is 10.9. The summed E-state index contributed by atoms with van der Waals surface area (Å²) in [4.78, 5) is 4.20. The summed E-state index contributed by atoms with van der Waals surface area (Å²) in [5.41, 5.74) is 9.29. The molecule has 1 heterocycles. The molecule has 4 N–H and O–H groups in total. The molecule has 2 rings (SSSR count). The fourth-order valence-corrected chi connectivity index (χ4v) is 1.46. The fourth-order valence-electron chi connectivity index (χ4n) is 1.46. The van der Waals surface area contributed by atoms with Gasteiger partial charge in [-0.2, -0.15) is 10.4 Å². The van der Waals surface area contributed by atoms with Gasteiger partial charge >= 0.3 is 0 Å². The lowest BCUT2D eigenvalue weighted by atomic mass is 10.2. The first-order chi connectivity index (χ1) is 8.72. The molecule has 0 atom stereocenters. The number of nitrogens with one attached hydrogen (secondary N) is 2. The molecular weight excluding hydrogens is 228 g/mol. The number of hydrazone groups is 1. The number of nitrogens with two attached hydrogens (primary N) is 1. The third-order valence-electron chi connectivity index (χ3n) is 2.29. The Labute approximate surface area is 103 Å². The number of amidine groups is 1. The van der Waals surface area contributed by atoms with E-state index in [-0.39, 0.29) is 11.5 Å². The van der Waals surface area contributed by atoms with Gasteiger partial charge in [-0.15, -0.1) is 0 Å². The molecule has 1 aromatic heterocycles. The molecule has 0 saturated carbocycles. The molecule has 18 heavy (non-hydrogen) atoms. The van der Waals surface area contributed by atoms with Gasteiger partial charge in [0.25, 0.3) is 0 Å². The highest BCUT2D eigenvalue weighted by Gasteiger charge is 2.03. The smallest absolute Gasteiger partial charge is 0.201 e. The van der Waals surface area contributed by atoms with Crippen LogP contribution in [0.1, 0.15) is 0 Å². The van der Waals surface area contributed by atoms with Gasteiger partial charge in [0.15, 0.2) is 5.84 Å². The minimum atomic E-state index is -0.372. The van der Waals surface area contributed by atoms with Crippen LogP contribution in [0.4, 0.5) is 5.69 Å². The van der Waals surface area contributed by atoms with Crippen LogP contribution in [0.5, 0.6) is 0 Å². The van der Waals surface area contributed by atoms with Crippen molar-refractivity contribution in [2.75, 3.05) is 5.43 Å². The van der Waals surface area contributed by atoms with Crippen molar-refractivity contribution in [3.8, 4) is 6.07 Å². The van der Waals surface area contributed by atoms with Gasteiger partial charge in [-0.25, -0.2) is 0 Å². The zero-order valence-electron chi connectivity index (χ0n) is 9.38. The van der Waals surface area contributed by atoms with Crippen molar-refractivity contribution in [3.05, 3.63) is 36.5 Å². The van der Waals surface area contributed by atoms with Crippen molar-refractivity contribution >= 4 is 28.1 Å². The summed E-state index contributed by atoms with van der Waals surface area (Å²) in [7, 11) is 0. The molecule has 0 bridgehead atoms. The number of hydrogen-bond donors (Lipinski definition) is 3. The summed E-state index contributed by atoms with van der Waals surface area (Å²) >= 11 is 0. The van der Waals surface area contributed by atoms with Gasteiger partial charge in [0.2, 0.25) is 5.71 Å². The molecule has 0 saturated heterocycles. The molecule has 2 aromatic rings. The van der Waals surface area contributed by atoms with Gasteiger partial charge in [-0.1, -0.05) is 6.07 Å². The first-order valence-electron chi connectivity index (χ1n) is 5.14. The molecular formula is C12H10N6. The number of fused-ring (bicyclic) bond motifs is 1. The lowest BCUT2D eigenvalue weighted by molar-refractivity contribution is 1.34. The summed E-state index contributed by atoms with van der Waals surface area (Å²) in [5.74, 6) is -0.372. The molecule has 0 aliphatic heterocycles. The Morgan fingerprint density at radius 3 is 2.94 bits per heavy atom. The maximum atomic E-state index is 8.73. The van der Waals surface area contributed by atoms with Gasteiger partial charge in [-0.05, 0) is 24.3 Å². The number of aromatic nitrogens is 1. The van der Waals surface area contributed by atoms with Crippen molar-refractivity contribution < 1.29 is 0 Å².